The number of amides is 2. The zero-order chi connectivity index (χ0) is 16.6. The number of carbonyl (C=O) groups is 2. The van der Waals surface area contributed by atoms with E-state index in [1.165, 1.54) is 12.1 Å². The van der Waals surface area contributed by atoms with E-state index in [4.69, 9.17) is 0 Å². The minimum absolute atomic E-state index is 0.0212. The molecule has 1 aliphatic heterocycles. The molecule has 0 unspecified atom stereocenters. The van der Waals surface area contributed by atoms with E-state index in [1.54, 1.807) is 30.3 Å². The molecule has 0 atom stereocenters. The second-order valence-electron chi connectivity index (χ2n) is 4.84. The second kappa shape index (κ2) is 5.47. The highest BCUT2D eigenvalue weighted by molar-refractivity contribution is 7.81. The maximum atomic E-state index is 12.8. The lowest BCUT2D eigenvalue weighted by molar-refractivity contribution is 0.0642. The van der Waals surface area contributed by atoms with Gasteiger partial charge in [0, 0.05) is 0 Å². The van der Waals surface area contributed by atoms with Crippen LogP contribution in [0.5, 0.6) is 5.75 Å². The molecule has 0 aliphatic carbocycles. The van der Waals surface area contributed by atoms with Gasteiger partial charge in [0.1, 0.15) is 0 Å². The van der Waals surface area contributed by atoms with Gasteiger partial charge in [0.25, 0.3) is 11.8 Å². The van der Waals surface area contributed by atoms with Crippen LogP contribution in [0.25, 0.3) is 0 Å². The predicted octanol–water partition coefficient (Wildman–Crippen LogP) is 2.08. The van der Waals surface area contributed by atoms with E-state index in [2.05, 4.69) is 4.18 Å². The van der Waals surface area contributed by atoms with Crippen molar-refractivity contribution in [2.45, 2.75) is 6.54 Å². The largest absolute Gasteiger partial charge is 0.488 e. The topological polar surface area (TPSA) is 80.8 Å². The van der Waals surface area contributed by atoms with Crippen LogP contribution in [0.1, 0.15) is 26.3 Å². The summed E-state index contributed by atoms with van der Waals surface area (Å²) in [7, 11) is -5.30. The van der Waals surface area contributed by atoms with Crippen molar-refractivity contribution in [3.8, 4) is 5.75 Å². The Morgan fingerprint density at radius 2 is 1.65 bits per heavy atom. The van der Waals surface area contributed by atoms with Crippen LogP contribution in [0.4, 0.5) is 3.89 Å². The van der Waals surface area contributed by atoms with Gasteiger partial charge in [-0.1, -0.05) is 40.3 Å². The van der Waals surface area contributed by atoms with Crippen molar-refractivity contribution in [2.75, 3.05) is 0 Å². The SMILES string of the molecule is O=C1c2cccc(OS(=O)(=O)F)c2C(=O)N1Cc1ccccc1. The van der Waals surface area contributed by atoms with E-state index in [0.717, 1.165) is 16.5 Å². The molecule has 6 nitrogen and oxygen atoms in total. The molecule has 118 valence electrons. The molecule has 0 bridgehead atoms. The maximum Gasteiger partial charge on any atom is 0.488 e. The van der Waals surface area contributed by atoms with Crippen molar-refractivity contribution < 1.29 is 26.1 Å². The molecular formula is C15H10FNO5S. The van der Waals surface area contributed by atoms with E-state index in [-0.39, 0.29) is 17.7 Å². The highest BCUT2D eigenvalue weighted by Crippen LogP contribution is 2.32. The Morgan fingerprint density at radius 1 is 0.957 bits per heavy atom. The Labute approximate surface area is 131 Å². The van der Waals surface area contributed by atoms with Crippen molar-refractivity contribution >= 4 is 22.3 Å². The molecule has 0 N–H and O–H groups in total. The lowest BCUT2D eigenvalue weighted by Gasteiger charge is -2.13. The monoisotopic (exact) mass is 335 g/mol. The van der Waals surface area contributed by atoms with Crippen molar-refractivity contribution in [2.24, 2.45) is 0 Å². The van der Waals surface area contributed by atoms with Gasteiger partial charge in [-0.15, -0.1) is 0 Å². The van der Waals surface area contributed by atoms with Gasteiger partial charge in [0.15, 0.2) is 5.75 Å². The molecule has 2 aromatic carbocycles. The molecule has 0 aromatic heterocycles. The number of rotatable bonds is 4. The summed E-state index contributed by atoms with van der Waals surface area (Å²) in [5.41, 5.74) is 0.448. The summed E-state index contributed by atoms with van der Waals surface area (Å²) in [4.78, 5) is 25.7. The van der Waals surface area contributed by atoms with Gasteiger partial charge in [-0.25, -0.2) is 0 Å². The van der Waals surface area contributed by atoms with Crippen LogP contribution in [-0.4, -0.2) is 25.1 Å². The molecule has 2 amide bonds. The number of nitrogens with zero attached hydrogens (tertiary/aromatic N) is 1. The van der Waals surface area contributed by atoms with Crippen molar-refractivity contribution in [1.29, 1.82) is 0 Å². The average molecular weight is 335 g/mol. The molecular weight excluding hydrogens is 325 g/mol. The minimum atomic E-state index is -5.30. The summed E-state index contributed by atoms with van der Waals surface area (Å²) in [5.74, 6) is -1.82. The first-order valence-electron chi connectivity index (χ1n) is 6.54. The summed E-state index contributed by atoms with van der Waals surface area (Å²) in [6, 6.07) is 12.6. The van der Waals surface area contributed by atoms with Crippen LogP contribution in [0.15, 0.2) is 48.5 Å². The van der Waals surface area contributed by atoms with Crippen LogP contribution in [0, 0.1) is 0 Å². The summed E-state index contributed by atoms with van der Waals surface area (Å²) in [5, 5.41) is 0. The quantitative estimate of drug-likeness (QED) is 0.631. The Morgan fingerprint density at radius 3 is 2.30 bits per heavy atom. The third-order valence-electron chi connectivity index (χ3n) is 3.33. The molecule has 1 aliphatic rings. The van der Waals surface area contributed by atoms with Gasteiger partial charge in [-0.3, -0.25) is 14.5 Å². The molecule has 3 rings (SSSR count). The lowest BCUT2D eigenvalue weighted by atomic mass is 10.1. The number of benzene rings is 2. The Balaban J connectivity index is 1.99. The van der Waals surface area contributed by atoms with E-state index in [9.17, 15) is 21.9 Å². The fourth-order valence-electron chi connectivity index (χ4n) is 2.39. The molecule has 0 fully saturated rings. The molecule has 1 heterocycles. The Bertz CT molecular complexity index is 895. The molecule has 0 spiro atoms. The highest BCUT2D eigenvalue weighted by Gasteiger charge is 2.38. The molecule has 0 radical (unpaired) electrons. The fraction of sp³-hybridized carbons (Fsp3) is 0.0667. The van der Waals surface area contributed by atoms with Gasteiger partial charge in [-0.05, 0) is 17.7 Å². The normalized spacial score (nSPS) is 14.0. The second-order valence-corrected chi connectivity index (χ2v) is 5.79. The summed E-state index contributed by atoms with van der Waals surface area (Å²) in [6.07, 6.45) is 0. The fourth-order valence-corrected chi connectivity index (χ4v) is 2.74. The van der Waals surface area contributed by atoms with Crippen LogP contribution in [-0.2, 0) is 17.0 Å². The standard InChI is InChI=1S/C15H10FNO5S/c16-23(20,21)22-12-8-4-7-11-13(12)15(19)17(14(11)18)9-10-5-2-1-3-6-10/h1-8H,9H2. The average Bonchev–Trinajstić information content (AvgIpc) is 2.73. The van der Waals surface area contributed by atoms with Gasteiger partial charge in [-0.2, -0.15) is 8.42 Å². The third-order valence-corrected chi connectivity index (χ3v) is 3.71. The number of halogens is 1. The zero-order valence-corrected chi connectivity index (χ0v) is 12.4. The molecule has 8 heteroatoms. The molecule has 0 saturated carbocycles. The van der Waals surface area contributed by atoms with Gasteiger partial charge >= 0.3 is 10.5 Å². The van der Waals surface area contributed by atoms with E-state index >= 15 is 0 Å². The number of hydrogen-bond donors (Lipinski definition) is 0. The summed E-state index contributed by atoms with van der Waals surface area (Å²) in [6.45, 7) is 0.0228. The van der Waals surface area contributed by atoms with E-state index in [0.29, 0.717) is 0 Å². The smallest absolute Gasteiger partial charge is 0.357 e. The molecule has 23 heavy (non-hydrogen) atoms. The highest BCUT2D eigenvalue weighted by atomic mass is 32.3. The lowest BCUT2D eigenvalue weighted by Crippen LogP contribution is -2.29. The number of hydrogen-bond acceptors (Lipinski definition) is 5. The van der Waals surface area contributed by atoms with Crippen LogP contribution < -0.4 is 4.18 Å². The Hall–Kier alpha value is -2.74. The number of fused-ring (bicyclic) bond motifs is 1. The van der Waals surface area contributed by atoms with E-state index in [1.807, 2.05) is 0 Å². The van der Waals surface area contributed by atoms with Gasteiger partial charge in [0.2, 0.25) is 0 Å². The van der Waals surface area contributed by atoms with Gasteiger partial charge in [0.05, 0.1) is 17.7 Å². The van der Waals surface area contributed by atoms with E-state index < -0.39 is 28.1 Å². The first kappa shape index (κ1) is 15.2. The van der Waals surface area contributed by atoms with Crippen molar-refractivity contribution in [3.05, 3.63) is 65.2 Å². The number of imide groups is 1. The van der Waals surface area contributed by atoms with Crippen LogP contribution >= 0.6 is 0 Å². The Kier molecular flexibility index (Phi) is 3.61. The molecule has 0 saturated heterocycles. The predicted molar refractivity (Wildman–Crippen MR) is 77.7 cm³/mol. The third kappa shape index (κ3) is 2.93. The maximum absolute atomic E-state index is 12.8. The zero-order valence-electron chi connectivity index (χ0n) is 11.6. The van der Waals surface area contributed by atoms with Gasteiger partial charge < -0.3 is 4.18 Å². The first-order chi connectivity index (χ1) is 10.9. The summed E-state index contributed by atoms with van der Waals surface area (Å²) < 4.78 is 38.2. The summed E-state index contributed by atoms with van der Waals surface area (Å²) >= 11 is 0. The van der Waals surface area contributed by atoms with Crippen molar-refractivity contribution in [3.63, 3.8) is 0 Å². The van der Waals surface area contributed by atoms with Crippen LogP contribution in [0.3, 0.4) is 0 Å². The number of carbonyl (C=O) groups excluding carboxylic acids is 2. The van der Waals surface area contributed by atoms with Crippen molar-refractivity contribution in [1.82, 2.24) is 4.90 Å². The first-order valence-corrected chi connectivity index (χ1v) is 7.85. The van der Waals surface area contributed by atoms with Crippen LogP contribution in [0.2, 0.25) is 0 Å². The molecule has 2 aromatic rings. The minimum Gasteiger partial charge on any atom is -0.357 e.